The van der Waals surface area contributed by atoms with Crippen molar-refractivity contribution in [1.82, 2.24) is 5.32 Å². The van der Waals surface area contributed by atoms with Crippen molar-refractivity contribution in [3.63, 3.8) is 0 Å². The summed E-state index contributed by atoms with van der Waals surface area (Å²) in [6.45, 7) is 8.78. The second-order valence-corrected chi connectivity index (χ2v) is 8.02. The van der Waals surface area contributed by atoms with E-state index >= 15 is 0 Å². The second kappa shape index (κ2) is 6.97. The Labute approximate surface area is 153 Å². The van der Waals surface area contributed by atoms with Gasteiger partial charge in [-0.3, -0.25) is 0 Å². The largest absolute Gasteiger partial charge is 0.478 e. The molecule has 1 aliphatic heterocycles. The van der Waals surface area contributed by atoms with Crippen molar-refractivity contribution in [1.29, 1.82) is 0 Å². The Hall–Kier alpha value is -2.57. The highest BCUT2D eigenvalue weighted by Gasteiger charge is 2.50. The lowest BCUT2D eigenvalue weighted by atomic mass is 9.84. The molecule has 0 fully saturated rings. The van der Waals surface area contributed by atoms with E-state index in [-0.39, 0.29) is 12.8 Å². The first kappa shape index (κ1) is 19.8. The summed E-state index contributed by atoms with van der Waals surface area (Å²) in [5.74, 6) is -1.09. The molecule has 1 atom stereocenters. The topological polar surface area (TPSA) is 97.2 Å². The first-order valence-corrected chi connectivity index (χ1v) is 8.48. The van der Waals surface area contributed by atoms with Gasteiger partial charge in [-0.25, -0.2) is 9.59 Å². The third kappa shape index (κ3) is 4.74. The Morgan fingerprint density at radius 3 is 2.38 bits per heavy atom. The van der Waals surface area contributed by atoms with E-state index in [0.29, 0.717) is 5.71 Å². The molecule has 2 rings (SSSR count). The lowest BCUT2D eigenvalue weighted by Crippen LogP contribution is -2.52. The van der Waals surface area contributed by atoms with Crippen LogP contribution in [-0.2, 0) is 20.8 Å². The second-order valence-electron chi connectivity index (χ2n) is 8.02. The number of aliphatic carboxylic acids is 1. The highest BCUT2D eigenvalue weighted by Crippen LogP contribution is 2.32. The lowest BCUT2D eigenvalue weighted by molar-refractivity contribution is -0.162. The normalized spacial score (nSPS) is 20.1. The number of oxime groups is 1. The van der Waals surface area contributed by atoms with Gasteiger partial charge >= 0.3 is 12.1 Å². The summed E-state index contributed by atoms with van der Waals surface area (Å²) in [7, 11) is 0. The van der Waals surface area contributed by atoms with E-state index in [2.05, 4.69) is 10.5 Å². The van der Waals surface area contributed by atoms with Crippen LogP contribution in [0.25, 0.3) is 0 Å². The van der Waals surface area contributed by atoms with Crippen molar-refractivity contribution in [2.24, 2.45) is 5.16 Å². The number of ether oxygens (including phenoxy) is 1. The molecule has 1 unspecified atom stereocenters. The number of nitrogens with one attached hydrogen (secondary N) is 1. The Morgan fingerprint density at radius 1 is 1.23 bits per heavy atom. The maximum atomic E-state index is 12.1. The number of carbonyl (C=O) groups excluding carboxylic acids is 1. The molecule has 0 saturated heterocycles. The zero-order valence-electron chi connectivity index (χ0n) is 15.8. The smallest absolute Gasteiger partial charge is 0.408 e. The third-order valence-corrected chi connectivity index (χ3v) is 4.04. The number of alkyl carbamates (subject to hydrolysis) is 1. The molecule has 0 aromatic heterocycles. The van der Waals surface area contributed by atoms with Gasteiger partial charge in [0.1, 0.15) is 5.60 Å². The van der Waals surface area contributed by atoms with Crippen LogP contribution in [0.1, 0.15) is 46.6 Å². The van der Waals surface area contributed by atoms with Gasteiger partial charge in [0.15, 0.2) is 0 Å². The van der Waals surface area contributed by atoms with Gasteiger partial charge in [0.25, 0.3) is 0 Å². The van der Waals surface area contributed by atoms with Crippen molar-refractivity contribution < 1.29 is 24.3 Å². The summed E-state index contributed by atoms with van der Waals surface area (Å²) in [5.41, 5.74) is -1.74. The molecule has 7 heteroatoms. The number of hydrogen-bond acceptors (Lipinski definition) is 5. The van der Waals surface area contributed by atoms with Crippen LogP contribution < -0.4 is 5.32 Å². The number of benzene rings is 1. The Balaban J connectivity index is 2.12. The monoisotopic (exact) mass is 362 g/mol. The molecule has 0 radical (unpaired) electrons. The number of amides is 1. The summed E-state index contributed by atoms with van der Waals surface area (Å²) >= 11 is 0. The fourth-order valence-electron chi connectivity index (χ4n) is 2.65. The summed E-state index contributed by atoms with van der Waals surface area (Å²) in [4.78, 5) is 29.4. The molecule has 0 saturated carbocycles. The Kier molecular flexibility index (Phi) is 5.30. The van der Waals surface area contributed by atoms with Crippen molar-refractivity contribution in [3.05, 3.63) is 35.9 Å². The molecule has 1 aliphatic rings. The van der Waals surface area contributed by atoms with Gasteiger partial charge in [0.05, 0.1) is 11.3 Å². The van der Waals surface area contributed by atoms with E-state index in [1.807, 2.05) is 30.3 Å². The fourth-order valence-corrected chi connectivity index (χ4v) is 2.65. The number of carboxylic acids is 1. The van der Waals surface area contributed by atoms with Crippen LogP contribution in [0.2, 0.25) is 0 Å². The molecular weight excluding hydrogens is 336 g/mol. The minimum absolute atomic E-state index is 0.0695. The molecule has 1 amide bonds. The van der Waals surface area contributed by atoms with Crippen molar-refractivity contribution in [2.75, 3.05) is 0 Å². The van der Waals surface area contributed by atoms with Gasteiger partial charge in [-0.1, -0.05) is 35.5 Å². The standard InChI is InChI=1S/C19H26N2O5/c1-17(2,3)25-16(24)20-18(4,5)14-12-19(15(22)23,26-21-14)11-13-9-7-6-8-10-13/h6-10H,11-12H2,1-5H3,(H,20,24)(H,22,23). The van der Waals surface area contributed by atoms with Crippen LogP contribution in [0.4, 0.5) is 4.79 Å². The number of carbonyl (C=O) groups is 2. The van der Waals surface area contributed by atoms with Crippen molar-refractivity contribution in [2.45, 2.75) is 64.2 Å². The Bertz CT molecular complexity index is 706. The van der Waals surface area contributed by atoms with E-state index in [1.54, 1.807) is 34.6 Å². The molecule has 2 N–H and O–H groups in total. The first-order chi connectivity index (χ1) is 11.9. The summed E-state index contributed by atoms with van der Waals surface area (Å²) in [6.07, 6.45) is -0.347. The van der Waals surface area contributed by atoms with Gasteiger partial charge in [0.2, 0.25) is 5.60 Å². The van der Waals surface area contributed by atoms with E-state index in [1.165, 1.54) is 0 Å². The molecule has 1 heterocycles. The van der Waals surface area contributed by atoms with Gasteiger partial charge in [-0.2, -0.15) is 0 Å². The van der Waals surface area contributed by atoms with Crippen LogP contribution in [0, 0.1) is 0 Å². The van der Waals surface area contributed by atoms with Gasteiger partial charge < -0.3 is 20.0 Å². The van der Waals surface area contributed by atoms with Crippen LogP contribution >= 0.6 is 0 Å². The van der Waals surface area contributed by atoms with E-state index in [4.69, 9.17) is 9.57 Å². The minimum atomic E-state index is -1.48. The van der Waals surface area contributed by atoms with Gasteiger partial charge in [-0.15, -0.1) is 0 Å². The quantitative estimate of drug-likeness (QED) is 0.839. The van der Waals surface area contributed by atoms with Gasteiger partial charge in [-0.05, 0) is 40.2 Å². The lowest BCUT2D eigenvalue weighted by Gasteiger charge is -2.29. The predicted molar refractivity (Wildman–Crippen MR) is 97.1 cm³/mol. The average Bonchev–Trinajstić information content (AvgIpc) is 2.92. The molecular formula is C19H26N2O5. The highest BCUT2D eigenvalue weighted by molar-refractivity contribution is 6.00. The van der Waals surface area contributed by atoms with E-state index in [9.17, 15) is 14.7 Å². The molecule has 7 nitrogen and oxygen atoms in total. The Morgan fingerprint density at radius 2 is 1.85 bits per heavy atom. The van der Waals surface area contributed by atoms with Crippen molar-refractivity contribution >= 4 is 17.8 Å². The number of rotatable bonds is 5. The first-order valence-electron chi connectivity index (χ1n) is 8.48. The highest BCUT2D eigenvalue weighted by atomic mass is 16.7. The number of hydrogen-bond donors (Lipinski definition) is 2. The molecule has 142 valence electrons. The van der Waals surface area contributed by atoms with Crippen LogP contribution in [0.3, 0.4) is 0 Å². The van der Waals surface area contributed by atoms with E-state index < -0.39 is 28.8 Å². The maximum absolute atomic E-state index is 12.1. The summed E-state index contributed by atoms with van der Waals surface area (Å²) in [6, 6.07) is 9.24. The fraction of sp³-hybridized carbons (Fsp3) is 0.526. The predicted octanol–water partition coefficient (Wildman–Crippen LogP) is 3.13. The van der Waals surface area contributed by atoms with Gasteiger partial charge in [0, 0.05) is 12.8 Å². The molecule has 1 aromatic rings. The SMILES string of the molecule is CC(C)(C)OC(=O)NC(C)(C)C1=NOC(Cc2ccccc2)(C(=O)O)C1. The number of nitrogens with zero attached hydrogens (tertiary/aromatic N) is 1. The molecule has 26 heavy (non-hydrogen) atoms. The molecule has 1 aromatic carbocycles. The minimum Gasteiger partial charge on any atom is -0.478 e. The molecule has 0 spiro atoms. The maximum Gasteiger partial charge on any atom is 0.408 e. The average molecular weight is 362 g/mol. The van der Waals surface area contributed by atoms with Crippen LogP contribution in [0.5, 0.6) is 0 Å². The zero-order valence-corrected chi connectivity index (χ0v) is 15.8. The molecule has 0 bridgehead atoms. The van der Waals surface area contributed by atoms with Crippen LogP contribution in [-0.4, -0.2) is 39.6 Å². The van der Waals surface area contributed by atoms with Crippen molar-refractivity contribution in [3.8, 4) is 0 Å². The summed E-state index contributed by atoms with van der Waals surface area (Å²) < 4.78 is 5.27. The van der Waals surface area contributed by atoms with Crippen LogP contribution in [0.15, 0.2) is 35.5 Å². The molecule has 0 aliphatic carbocycles. The summed E-state index contributed by atoms with van der Waals surface area (Å²) in [5, 5.41) is 16.5. The number of carboxylic acid groups (broad SMARTS) is 1. The third-order valence-electron chi connectivity index (χ3n) is 4.04. The van der Waals surface area contributed by atoms with E-state index in [0.717, 1.165) is 5.56 Å². The zero-order chi connectivity index (χ0) is 19.6.